The minimum atomic E-state index is -0.381. The molecule has 2 heterocycles. The van der Waals surface area contributed by atoms with Gasteiger partial charge in [0.1, 0.15) is 5.82 Å². The lowest BCUT2D eigenvalue weighted by Crippen LogP contribution is -2.36. The largest absolute Gasteiger partial charge is 0.319 e. The number of imidazole rings is 1. The van der Waals surface area contributed by atoms with Gasteiger partial charge >= 0.3 is 0 Å². The van der Waals surface area contributed by atoms with E-state index in [4.69, 9.17) is 5.73 Å². The molecule has 0 aliphatic carbocycles. The molecule has 1 unspecified atom stereocenters. The monoisotopic (exact) mass is 267 g/mol. The van der Waals surface area contributed by atoms with Crippen LogP contribution in [0, 0.1) is 12.8 Å². The van der Waals surface area contributed by atoms with Crippen molar-refractivity contribution < 1.29 is 0 Å². The summed E-state index contributed by atoms with van der Waals surface area (Å²) in [5, 5.41) is 0. The summed E-state index contributed by atoms with van der Waals surface area (Å²) in [6.07, 6.45) is 4.88. The first-order chi connectivity index (χ1) is 7.92. The number of pyridine rings is 1. The molecule has 0 fully saturated rings. The van der Waals surface area contributed by atoms with Crippen molar-refractivity contribution in [3.05, 3.63) is 35.9 Å². The number of fused-ring (bicyclic) bond motifs is 1. The number of nitrogens with zero attached hydrogens (tertiary/aromatic N) is 2. The number of hydrogen-bond acceptors (Lipinski definition) is 2. The Labute approximate surface area is 115 Å². The van der Waals surface area contributed by atoms with Crippen LogP contribution >= 0.6 is 12.4 Å². The number of rotatable bonds is 3. The Bertz CT molecular complexity index is 529. The van der Waals surface area contributed by atoms with Gasteiger partial charge in [0, 0.05) is 6.20 Å². The van der Waals surface area contributed by atoms with E-state index in [1.165, 1.54) is 5.56 Å². The van der Waals surface area contributed by atoms with Gasteiger partial charge in [-0.05, 0) is 37.8 Å². The van der Waals surface area contributed by atoms with Crippen molar-refractivity contribution in [1.82, 2.24) is 9.38 Å². The minimum Gasteiger partial charge on any atom is -0.319 e. The van der Waals surface area contributed by atoms with Gasteiger partial charge in [0.25, 0.3) is 0 Å². The highest BCUT2D eigenvalue weighted by atomic mass is 35.5. The van der Waals surface area contributed by atoms with Crippen LogP contribution in [0.4, 0.5) is 0 Å². The van der Waals surface area contributed by atoms with E-state index < -0.39 is 0 Å². The quantitative estimate of drug-likeness (QED) is 0.927. The molecule has 1 atom stereocenters. The maximum absolute atomic E-state index is 6.42. The molecule has 2 rings (SSSR count). The number of hydrogen-bond donors (Lipinski definition) is 1. The van der Waals surface area contributed by atoms with Gasteiger partial charge in [0.15, 0.2) is 0 Å². The predicted molar refractivity (Wildman–Crippen MR) is 78.2 cm³/mol. The Balaban J connectivity index is 0.00000162. The van der Waals surface area contributed by atoms with Gasteiger partial charge in [-0.25, -0.2) is 4.98 Å². The van der Waals surface area contributed by atoms with Gasteiger partial charge in [0.2, 0.25) is 0 Å². The summed E-state index contributed by atoms with van der Waals surface area (Å²) in [7, 11) is 0. The zero-order valence-corrected chi connectivity index (χ0v) is 12.3. The maximum atomic E-state index is 6.42. The number of aromatic nitrogens is 2. The second-order valence-corrected chi connectivity index (χ2v) is 5.54. The van der Waals surface area contributed by atoms with Gasteiger partial charge < -0.3 is 10.1 Å². The molecule has 0 amide bonds. The molecule has 0 radical (unpaired) electrons. The predicted octanol–water partition coefficient (Wildman–Crippen LogP) is 3.28. The number of halogens is 1. The van der Waals surface area contributed by atoms with E-state index in [9.17, 15) is 0 Å². The molecule has 3 nitrogen and oxygen atoms in total. The van der Waals surface area contributed by atoms with E-state index in [-0.39, 0.29) is 17.9 Å². The fourth-order valence-corrected chi connectivity index (χ4v) is 2.52. The van der Waals surface area contributed by atoms with Crippen molar-refractivity contribution in [3.63, 3.8) is 0 Å². The highest BCUT2D eigenvalue weighted by Crippen LogP contribution is 2.26. The second-order valence-electron chi connectivity index (χ2n) is 5.54. The molecule has 18 heavy (non-hydrogen) atoms. The minimum absolute atomic E-state index is 0. The van der Waals surface area contributed by atoms with Crippen molar-refractivity contribution in [2.75, 3.05) is 0 Å². The maximum Gasteiger partial charge on any atom is 0.133 e. The fourth-order valence-electron chi connectivity index (χ4n) is 2.52. The summed E-state index contributed by atoms with van der Waals surface area (Å²) in [6, 6.07) is 4.13. The smallest absolute Gasteiger partial charge is 0.133 e. The van der Waals surface area contributed by atoms with Crippen LogP contribution in [0.2, 0.25) is 0 Å². The lowest BCUT2D eigenvalue weighted by Gasteiger charge is -2.25. The fraction of sp³-hybridized carbons (Fsp3) is 0.500. The summed E-state index contributed by atoms with van der Waals surface area (Å²) in [6.45, 7) is 8.53. The van der Waals surface area contributed by atoms with Crippen LogP contribution in [0.3, 0.4) is 0 Å². The topological polar surface area (TPSA) is 43.3 Å². The highest BCUT2D eigenvalue weighted by molar-refractivity contribution is 5.85. The van der Waals surface area contributed by atoms with E-state index in [1.807, 2.05) is 18.5 Å². The lowest BCUT2D eigenvalue weighted by atomic mass is 9.91. The number of nitrogens with two attached hydrogens (primary N) is 1. The van der Waals surface area contributed by atoms with Crippen molar-refractivity contribution in [3.8, 4) is 0 Å². The van der Waals surface area contributed by atoms with Crippen LogP contribution in [0.25, 0.3) is 5.52 Å². The van der Waals surface area contributed by atoms with Crippen LogP contribution in [-0.4, -0.2) is 9.38 Å². The summed E-state index contributed by atoms with van der Waals surface area (Å²) in [4.78, 5) is 4.52. The molecule has 2 aromatic heterocycles. The van der Waals surface area contributed by atoms with Crippen molar-refractivity contribution in [2.45, 2.75) is 39.7 Å². The summed E-state index contributed by atoms with van der Waals surface area (Å²) >= 11 is 0. The molecule has 0 saturated carbocycles. The van der Waals surface area contributed by atoms with Crippen LogP contribution in [-0.2, 0) is 5.54 Å². The molecule has 2 aromatic rings. The standard InChI is InChI=1S/C14H21N3.ClH/c1-10(2)8-14(4,15)13-16-9-12-11(3)6-5-7-17(12)13;/h5-7,9-10H,8,15H2,1-4H3;1H. The Morgan fingerprint density at radius 2 is 2.11 bits per heavy atom. The SMILES string of the molecule is Cc1cccn2c(C(C)(N)CC(C)C)ncc12.Cl. The van der Waals surface area contributed by atoms with Crippen LogP contribution < -0.4 is 5.73 Å². The molecule has 4 heteroatoms. The van der Waals surface area contributed by atoms with Crippen molar-refractivity contribution in [2.24, 2.45) is 11.7 Å². The Morgan fingerprint density at radius 1 is 1.44 bits per heavy atom. The summed E-state index contributed by atoms with van der Waals surface area (Å²) in [5.74, 6) is 1.51. The second kappa shape index (κ2) is 5.29. The van der Waals surface area contributed by atoms with E-state index in [2.05, 4.69) is 43.1 Å². The average Bonchev–Trinajstić information content (AvgIpc) is 2.61. The van der Waals surface area contributed by atoms with Gasteiger partial charge in [-0.15, -0.1) is 12.4 Å². The summed E-state index contributed by atoms with van der Waals surface area (Å²) < 4.78 is 2.11. The van der Waals surface area contributed by atoms with Gasteiger partial charge in [-0.2, -0.15) is 0 Å². The molecule has 0 aliphatic heterocycles. The lowest BCUT2D eigenvalue weighted by molar-refractivity contribution is 0.360. The Kier molecular flexibility index (Phi) is 4.41. The zero-order valence-electron chi connectivity index (χ0n) is 11.5. The molecule has 0 aromatic carbocycles. The van der Waals surface area contributed by atoms with Gasteiger partial charge in [0.05, 0.1) is 17.3 Å². The van der Waals surface area contributed by atoms with Crippen molar-refractivity contribution in [1.29, 1.82) is 0 Å². The molecule has 0 bridgehead atoms. The molecular weight excluding hydrogens is 246 g/mol. The summed E-state index contributed by atoms with van der Waals surface area (Å²) in [5.41, 5.74) is 8.41. The third-order valence-corrected chi connectivity index (χ3v) is 3.13. The molecule has 0 aliphatic rings. The van der Waals surface area contributed by atoms with E-state index in [0.717, 1.165) is 17.8 Å². The van der Waals surface area contributed by atoms with Gasteiger partial charge in [-0.1, -0.05) is 19.9 Å². The van der Waals surface area contributed by atoms with E-state index >= 15 is 0 Å². The first-order valence-corrected chi connectivity index (χ1v) is 6.14. The number of aryl methyl sites for hydroxylation is 1. The van der Waals surface area contributed by atoms with Gasteiger partial charge in [-0.3, -0.25) is 0 Å². The highest BCUT2D eigenvalue weighted by Gasteiger charge is 2.27. The van der Waals surface area contributed by atoms with Crippen LogP contribution in [0.15, 0.2) is 24.5 Å². The molecule has 0 saturated heterocycles. The first kappa shape index (κ1) is 15.0. The first-order valence-electron chi connectivity index (χ1n) is 6.14. The van der Waals surface area contributed by atoms with E-state index in [1.54, 1.807) is 0 Å². The molecule has 0 spiro atoms. The molecule has 2 N–H and O–H groups in total. The molecule has 100 valence electrons. The van der Waals surface area contributed by atoms with Crippen LogP contribution in [0.1, 0.15) is 38.6 Å². The van der Waals surface area contributed by atoms with Crippen LogP contribution in [0.5, 0.6) is 0 Å². The third-order valence-electron chi connectivity index (χ3n) is 3.13. The molecular formula is C14H22ClN3. The normalized spacial score (nSPS) is 14.6. The Morgan fingerprint density at radius 3 is 2.72 bits per heavy atom. The van der Waals surface area contributed by atoms with Crippen molar-refractivity contribution >= 4 is 17.9 Å². The van der Waals surface area contributed by atoms with E-state index in [0.29, 0.717) is 5.92 Å². The third kappa shape index (κ3) is 2.68. The zero-order chi connectivity index (χ0) is 12.6. The average molecular weight is 268 g/mol. The Hall–Kier alpha value is -1.06.